The smallest absolute Gasteiger partial charge is 0.229 e. The van der Waals surface area contributed by atoms with Crippen LogP contribution in [0, 0.1) is 0 Å². The van der Waals surface area contributed by atoms with Gasteiger partial charge in [-0.2, -0.15) is 0 Å². The molecule has 4 nitrogen and oxygen atoms in total. The van der Waals surface area contributed by atoms with E-state index in [-0.39, 0.29) is 5.91 Å². The van der Waals surface area contributed by atoms with Gasteiger partial charge in [-0.1, -0.05) is 6.07 Å². The van der Waals surface area contributed by atoms with Gasteiger partial charge in [0.05, 0.1) is 0 Å². The van der Waals surface area contributed by atoms with Gasteiger partial charge in [0.1, 0.15) is 5.82 Å². The van der Waals surface area contributed by atoms with Gasteiger partial charge in [0.25, 0.3) is 0 Å². The lowest BCUT2D eigenvalue weighted by molar-refractivity contribution is -0.118. The van der Waals surface area contributed by atoms with E-state index in [2.05, 4.69) is 10.3 Å². The quantitative estimate of drug-likeness (QED) is 0.699. The Kier molecular flexibility index (Phi) is 2.74. The molecular formula is C10H13N3O. The molecule has 0 aliphatic carbocycles. The summed E-state index contributed by atoms with van der Waals surface area (Å²) in [5, 5.41) is 3.19. The van der Waals surface area contributed by atoms with E-state index in [4.69, 9.17) is 0 Å². The summed E-state index contributed by atoms with van der Waals surface area (Å²) in [6.07, 6.45) is 2.26. The van der Waals surface area contributed by atoms with Crippen molar-refractivity contribution < 1.29 is 4.79 Å². The first-order chi connectivity index (χ1) is 6.88. The Morgan fingerprint density at radius 1 is 1.36 bits per heavy atom. The van der Waals surface area contributed by atoms with Crippen LogP contribution in [-0.4, -0.2) is 30.5 Å². The Morgan fingerprint density at radius 3 is 3.07 bits per heavy atom. The summed E-state index contributed by atoms with van der Waals surface area (Å²) < 4.78 is 0. The number of pyridine rings is 1. The molecule has 74 valence electrons. The highest BCUT2D eigenvalue weighted by atomic mass is 16.2. The van der Waals surface area contributed by atoms with Gasteiger partial charge in [-0.25, -0.2) is 4.98 Å². The lowest BCUT2D eigenvalue weighted by Gasteiger charge is -2.18. The van der Waals surface area contributed by atoms with E-state index in [1.807, 2.05) is 18.2 Å². The molecule has 1 amide bonds. The molecule has 0 aromatic carbocycles. The molecule has 0 bridgehead atoms. The maximum Gasteiger partial charge on any atom is 0.229 e. The second kappa shape index (κ2) is 4.19. The number of anilines is 1. The number of aromatic nitrogens is 1. The second-order valence-electron chi connectivity index (χ2n) is 3.23. The Balaban J connectivity index is 2.19. The predicted octanol–water partition coefficient (Wildman–Crippen LogP) is 0.408. The Hall–Kier alpha value is -1.42. The van der Waals surface area contributed by atoms with Crippen molar-refractivity contribution in [2.24, 2.45) is 0 Å². The zero-order valence-electron chi connectivity index (χ0n) is 7.94. The van der Waals surface area contributed by atoms with E-state index in [0.29, 0.717) is 13.0 Å². The number of amides is 1. The number of hydrogen-bond acceptors (Lipinski definition) is 3. The first-order valence-electron chi connectivity index (χ1n) is 4.80. The molecule has 0 spiro atoms. The van der Waals surface area contributed by atoms with Gasteiger partial charge in [0.15, 0.2) is 0 Å². The molecule has 2 rings (SSSR count). The molecule has 1 saturated heterocycles. The minimum absolute atomic E-state index is 0.147. The van der Waals surface area contributed by atoms with Crippen molar-refractivity contribution in [2.45, 2.75) is 6.42 Å². The normalized spacial score (nSPS) is 18.0. The third kappa shape index (κ3) is 1.90. The van der Waals surface area contributed by atoms with Crippen LogP contribution < -0.4 is 10.2 Å². The van der Waals surface area contributed by atoms with Crippen molar-refractivity contribution in [3.63, 3.8) is 0 Å². The zero-order chi connectivity index (χ0) is 9.80. The van der Waals surface area contributed by atoms with Gasteiger partial charge >= 0.3 is 0 Å². The third-order valence-corrected chi connectivity index (χ3v) is 2.25. The Labute approximate surface area is 82.9 Å². The molecule has 2 heterocycles. The van der Waals surface area contributed by atoms with E-state index in [1.54, 1.807) is 11.1 Å². The van der Waals surface area contributed by atoms with Gasteiger partial charge in [-0.05, 0) is 12.1 Å². The SMILES string of the molecule is O=C1CCNCCN1c1ccccn1. The lowest BCUT2D eigenvalue weighted by Crippen LogP contribution is -2.32. The first kappa shape index (κ1) is 9.15. The van der Waals surface area contributed by atoms with E-state index >= 15 is 0 Å². The Bertz CT molecular complexity index is 312. The van der Waals surface area contributed by atoms with Crippen LogP contribution in [0.2, 0.25) is 0 Å². The standard InChI is InChI=1S/C10H13N3O/c14-10-4-6-11-7-8-13(10)9-3-1-2-5-12-9/h1-3,5,11H,4,6-8H2. The van der Waals surface area contributed by atoms with Gasteiger partial charge in [0, 0.05) is 32.3 Å². The molecule has 0 atom stereocenters. The molecule has 1 fully saturated rings. The van der Waals surface area contributed by atoms with Crippen LogP contribution in [0.5, 0.6) is 0 Å². The average Bonchev–Trinajstić information content (AvgIpc) is 2.44. The highest BCUT2D eigenvalue weighted by molar-refractivity contribution is 5.92. The minimum atomic E-state index is 0.147. The summed E-state index contributed by atoms with van der Waals surface area (Å²) >= 11 is 0. The van der Waals surface area contributed by atoms with Crippen molar-refractivity contribution in [3.8, 4) is 0 Å². The van der Waals surface area contributed by atoms with Gasteiger partial charge in [-0.15, -0.1) is 0 Å². The predicted molar refractivity (Wildman–Crippen MR) is 54.1 cm³/mol. The van der Waals surface area contributed by atoms with E-state index in [0.717, 1.165) is 18.9 Å². The summed E-state index contributed by atoms with van der Waals surface area (Å²) in [5.41, 5.74) is 0. The van der Waals surface area contributed by atoms with Gasteiger partial charge in [0.2, 0.25) is 5.91 Å². The van der Waals surface area contributed by atoms with Crippen LogP contribution in [0.4, 0.5) is 5.82 Å². The Morgan fingerprint density at radius 2 is 2.29 bits per heavy atom. The summed E-state index contributed by atoms with van der Waals surface area (Å²) in [6, 6.07) is 5.61. The topological polar surface area (TPSA) is 45.2 Å². The molecule has 4 heteroatoms. The fourth-order valence-electron chi connectivity index (χ4n) is 1.53. The number of carbonyl (C=O) groups is 1. The fourth-order valence-corrected chi connectivity index (χ4v) is 1.53. The van der Waals surface area contributed by atoms with Crippen LogP contribution in [0.25, 0.3) is 0 Å². The summed E-state index contributed by atoms with van der Waals surface area (Å²) in [5.74, 6) is 0.898. The molecule has 1 N–H and O–H groups in total. The highest BCUT2D eigenvalue weighted by Gasteiger charge is 2.18. The molecule has 0 unspecified atom stereocenters. The van der Waals surface area contributed by atoms with Crippen molar-refractivity contribution in [2.75, 3.05) is 24.5 Å². The largest absolute Gasteiger partial charge is 0.314 e. The monoisotopic (exact) mass is 191 g/mol. The van der Waals surface area contributed by atoms with E-state index in [1.165, 1.54) is 0 Å². The van der Waals surface area contributed by atoms with Gasteiger partial charge < -0.3 is 5.32 Å². The number of rotatable bonds is 1. The van der Waals surface area contributed by atoms with Gasteiger partial charge in [-0.3, -0.25) is 9.69 Å². The number of nitrogens with zero attached hydrogens (tertiary/aromatic N) is 2. The zero-order valence-corrected chi connectivity index (χ0v) is 7.94. The molecule has 1 aliphatic heterocycles. The summed E-state index contributed by atoms with van der Waals surface area (Å²) in [4.78, 5) is 17.6. The first-order valence-corrected chi connectivity index (χ1v) is 4.80. The third-order valence-electron chi connectivity index (χ3n) is 2.25. The molecule has 14 heavy (non-hydrogen) atoms. The molecule has 1 aromatic rings. The maximum atomic E-state index is 11.7. The molecule has 1 aromatic heterocycles. The number of hydrogen-bond donors (Lipinski definition) is 1. The van der Waals surface area contributed by atoms with E-state index < -0.39 is 0 Å². The number of carbonyl (C=O) groups excluding carboxylic acids is 1. The molecule has 0 saturated carbocycles. The number of nitrogens with one attached hydrogen (secondary N) is 1. The van der Waals surface area contributed by atoms with E-state index in [9.17, 15) is 4.79 Å². The van der Waals surface area contributed by atoms with Crippen LogP contribution in [0.15, 0.2) is 24.4 Å². The summed E-state index contributed by atoms with van der Waals surface area (Å²) in [7, 11) is 0. The average molecular weight is 191 g/mol. The fraction of sp³-hybridized carbons (Fsp3) is 0.400. The van der Waals surface area contributed by atoms with Crippen molar-refractivity contribution >= 4 is 11.7 Å². The van der Waals surface area contributed by atoms with Crippen LogP contribution >= 0.6 is 0 Å². The van der Waals surface area contributed by atoms with Crippen LogP contribution in [0.1, 0.15) is 6.42 Å². The molecule has 1 aliphatic rings. The van der Waals surface area contributed by atoms with Crippen molar-refractivity contribution in [3.05, 3.63) is 24.4 Å². The second-order valence-corrected chi connectivity index (χ2v) is 3.23. The minimum Gasteiger partial charge on any atom is -0.314 e. The maximum absolute atomic E-state index is 11.7. The van der Waals surface area contributed by atoms with Crippen molar-refractivity contribution in [1.82, 2.24) is 10.3 Å². The molecular weight excluding hydrogens is 178 g/mol. The highest BCUT2D eigenvalue weighted by Crippen LogP contribution is 2.11. The van der Waals surface area contributed by atoms with Crippen LogP contribution in [0.3, 0.4) is 0 Å². The van der Waals surface area contributed by atoms with Crippen LogP contribution in [-0.2, 0) is 4.79 Å². The van der Waals surface area contributed by atoms with Crippen molar-refractivity contribution in [1.29, 1.82) is 0 Å². The summed E-state index contributed by atoms with van der Waals surface area (Å²) in [6.45, 7) is 2.31. The molecule has 0 radical (unpaired) electrons. The lowest BCUT2D eigenvalue weighted by atomic mass is 10.3.